The summed E-state index contributed by atoms with van der Waals surface area (Å²) in [6.07, 6.45) is 4.74. The minimum absolute atomic E-state index is 0.148. The van der Waals surface area contributed by atoms with Crippen molar-refractivity contribution in [2.75, 3.05) is 13.6 Å². The van der Waals surface area contributed by atoms with Crippen LogP contribution >= 0.6 is 11.6 Å². The molecule has 0 bridgehead atoms. The largest absolute Gasteiger partial charge is 0.319 e. The molecule has 17 heavy (non-hydrogen) atoms. The van der Waals surface area contributed by atoms with Gasteiger partial charge in [-0.2, -0.15) is 0 Å². The lowest BCUT2D eigenvalue weighted by Crippen LogP contribution is -2.28. The third-order valence-corrected chi connectivity index (χ3v) is 3.97. The van der Waals surface area contributed by atoms with Crippen LogP contribution in [0.1, 0.15) is 37.2 Å². The first kappa shape index (κ1) is 12.8. The normalized spacial score (nSPS) is 24.9. The molecule has 2 atom stereocenters. The molecule has 2 rings (SSSR count). The van der Waals surface area contributed by atoms with Gasteiger partial charge in [0.25, 0.3) is 0 Å². The summed E-state index contributed by atoms with van der Waals surface area (Å²) in [5.41, 5.74) is 0.842. The molecule has 0 aliphatic heterocycles. The molecule has 3 heteroatoms. The molecule has 0 heterocycles. The third-order valence-electron chi connectivity index (χ3n) is 3.74. The van der Waals surface area contributed by atoms with E-state index in [0.29, 0.717) is 16.9 Å². The lowest BCUT2D eigenvalue weighted by atomic mass is 9.75. The van der Waals surface area contributed by atoms with Crippen molar-refractivity contribution in [1.29, 1.82) is 0 Å². The predicted octanol–water partition coefficient (Wildman–Crippen LogP) is 3.97. The van der Waals surface area contributed by atoms with Crippen LogP contribution in [0.5, 0.6) is 0 Å². The van der Waals surface area contributed by atoms with Gasteiger partial charge >= 0.3 is 0 Å². The lowest BCUT2D eigenvalue weighted by molar-refractivity contribution is 0.295. The highest BCUT2D eigenvalue weighted by Gasteiger charge is 2.27. The standard InChI is InChI=1S/C14H19ClFN/c1-17-9-10-4-2-3-5-12(10)13-7-6-11(15)8-14(13)16/h6-8,10,12,17H,2-5,9H2,1H3. The number of nitrogens with one attached hydrogen (secondary N) is 1. The van der Waals surface area contributed by atoms with E-state index in [2.05, 4.69) is 5.32 Å². The molecule has 94 valence electrons. The van der Waals surface area contributed by atoms with Crippen molar-refractivity contribution in [2.45, 2.75) is 31.6 Å². The molecule has 1 N–H and O–H groups in total. The van der Waals surface area contributed by atoms with E-state index in [1.165, 1.54) is 25.3 Å². The summed E-state index contributed by atoms with van der Waals surface area (Å²) < 4.78 is 13.9. The first-order chi connectivity index (χ1) is 8.22. The van der Waals surface area contributed by atoms with E-state index < -0.39 is 0 Å². The van der Waals surface area contributed by atoms with Gasteiger partial charge in [0, 0.05) is 5.02 Å². The van der Waals surface area contributed by atoms with Crippen molar-refractivity contribution in [3.05, 3.63) is 34.6 Å². The Kier molecular flexibility index (Phi) is 4.41. The maximum absolute atomic E-state index is 13.9. The maximum atomic E-state index is 13.9. The summed E-state index contributed by atoms with van der Waals surface area (Å²) in [5, 5.41) is 3.70. The number of hydrogen-bond acceptors (Lipinski definition) is 1. The van der Waals surface area contributed by atoms with Gasteiger partial charge in [-0.3, -0.25) is 0 Å². The molecule has 1 fully saturated rings. The van der Waals surface area contributed by atoms with Crippen molar-refractivity contribution in [1.82, 2.24) is 5.32 Å². The average Bonchev–Trinajstić information content (AvgIpc) is 2.31. The molecule has 1 saturated carbocycles. The Balaban J connectivity index is 2.23. The summed E-state index contributed by atoms with van der Waals surface area (Å²) in [6, 6.07) is 5.09. The summed E-state index contributed by atoms with van der Waals surface area (Å²) in [6.45, 7) is 0.965. The second kappa shape index (κ2) is 5.83. The number of rotatable bonds is 3. The fourth-order valence-corrected chi connectivity index (χ4v) is 3.08. The first-order valence-corrected chi connectivity index (χ1v) is 6.69. The molecule has 0 radical (unpaired) electrons. The van der Waals surface area contributed by atoms with Gasteiger partial charge in [0.15, 0.2) is 0 Å². The van der Waals surface area contributed by atoms with Crippen LogP contribution in [0.4, 0.5) is 4.39 Å². The Morgan fingerprint density at radius 2 is 2.12 bits per heavy atom. The number of halogens is 2. The van der Waals surface area contributed by atoms with Crippen LogP contribution in [0.3, 0.4) is 0 Å². The molecule has 0 spiro atoms. The topological polar surface area (TPSA) is 12.0 Å². The summed E-state index contributed by atoms with van der Waals surface area (Å²) in [5.74, 6) is 0.739. The van der Waals surface area contributed by atoms with Crippen molar-refractivity contribution >= 4 is 11.6 Å². The second-order valence-corrected chi connectivity index (χ2v) is 5.31. The Morgan fingerprint density at radius 1 is 1.35 bits per heavy atom. The molecule has 1 aromatic carbocycles. The van der Waals surface area contributed by atoms with Crippen LogP contribution in [-0.4, -0.2) is 13.6 Å². The Hall–Kier alpha value is -0.600. The van der Waals surface area contributed by atoms with Crippen LogP contribution in [0.15, 0.2) is 18.2 Å². The van der Waals surface area contributed by atoms with E-state index in [4.69, 9.17) is 11.6 Å². The molecule has 1 aliphatic rings. The van der Waals surface area contributed by atoms with E-state index in [1.54, 1.807) is 6.07 Å². The molecule has 1 aromatic rings. The summed E-state index contributed by atoms with van der Waals surface area (Å²) in [7, 11) is 1.96. The van der Waals surface area contributed by atoms with E-state index in [1.807, 2.05) is 13.1 Å². The molecule has 0 aromatic heterocycles. The van der Waals surface area contributed by atoms with Crippen molar-refractivity contribution < 1.29 is 4.39 Å². The van der Waals surface area contributed by atoms with Gasteiger partial charge in [0.2, 0.25) is 0 Å². The fourth-order valence-electron chi connectivity index (χ4n) is 2.93. The van der Waals surface area contributed by atoms with Gasteiger partial charge in [0.1, 0.15) is 5.82 Å². The van der Waals surface area contributed by atoms with Crippen LogP contribution in [0, 0.1) is 11.7 Å². The minimum atomic E-state index is -0.148. The van der Waals surface area contributed by atoms with E-state index in [9.17, 15) is 4.39 Å². The highest BCUT2D eigenvalue weighted by Crippen LogP contribution is 2.38. The molecule has 2 unspecified atom stereocenters. The monoisotopic (exact) mass is 255 g/mol. The zero-order valence-electron chi connectivity index (χ0n) is 10.2. The third kappa shape index (κ3) is 2.99. The van der Waals surface area contributed by atoms with E-state index >= 15 is 0 Å². The molecular weight excluding hydrogens is 237 g/mol. The smallest absolute Gasteiger partial charge is 0.128 e. The van der Waals surface area contributed by atoms with E-state index in [0.717, 1.165) is 18.5 Å². The summed E-state index contributed by atoms with van der Waals surface area (Å²) >= 11 is 5.80. The van der Waals surface area contributed by atoms with Gasteiger partial charge in [-0.15, -0.1) is 0 Å². The number of hydrogen-bond donors (Lipinski definition) is 1. The van der Waals surface area contributed by atoms with Gasteiger partial charge in [-0.05, 0) is 56.0 Å². The van der Waals surface area contributed by atoms with Gasteiger partial charge < -0.3 is 5.32 Å². The molecule has 0 saturated heterocycles. The molecule has 0 amide bonds. The van der Waals surface area contributed by atoms with E-state index in [-0.39, 0.29) is 5.82 Å². The van der Waals surface area contributed by atoms with Crippen molar-refractivity contribution in [3.8, 4) is 0 Å². The van der Waals surface area contributed by atoms with Crippen LogP contribution in [0.2, 0.25) is 5.02 Å². The van der Waals surface area contributed by atoms with Gasteiger partial charge in [-0.25, -0.2) is 4.39 Å². The Labute approximate surface area is 107 Å². The fraction of sp³-hybridized carbons (Fsp3) is 0.571. The quantitative estimate of drug-likeness (QED) is 0.862. The van der Waals surface area contributed by atoms with Gasteiger partial charge in [-0.1, -0.05) is 30.5 Å². The van der Waals surface area contributed by atoms with Crippen LogP contribution < -0.4 is 5.32 Å². The predicted molar refractivity (Wildman–Crippen MR) is 70.0 cm³/mol. The van der Waals surface area contributed by atoms with Gasteiger partial charge in [0.05, 0.1) is 0 Å². The average molecular weight is 256 g/mol. The van der Waals surface area contributed by atoms with Crippen LogP contribution in [0.25, 0.3) is 0 Å². The Morgan fingerprint density at radius 3 is 2.82 bits per heavy atom. The maximum Gasteiger partial charge on any atom is 0.128 e. The highest BCUT2D eigenvalue weighted by molar-refractivity contribution is 6.30. The number of benzene rings is 1. The van der Waals surface area contributed by atoms with Crippen LogP contribution in [-0.2, 0) is 0 Å². The molecular formula is C14H19ClFN. The SMILES string of the molecule is CNCC1CCCCC1c1ccc(Cl)cc1F. The Bertz CT molecular complexity index is 378. The minimum Gasteiger partial charge on any atom is -0.319 e. The summed E-state index contributed by atoms with van der Waals surface area (Å²) in [4.78, 5) is 0. The zero-order chi connectivity index (χ0) is 12.3. The first-order valence-electron chi connectivity index (χ1n) is 6.32. The molecule has 1 aliphatic carbocycles. The lowest BCUT2D eigenvalue weighted by Gasteiger charge is -2.32. The molecule has 1 nitrogen and oxygen atoms in total. The highest BCUT2D eigenvalue weighted by atomic mass is 35.5. The van der Waals surface area contributed by atoms with Crippen molar-refractivity contribution in [3.63, 3.8) is 0 Å². The zero-order valence-corrected chi connectivity index (χ0v) is 10.9. The second-order valence-electron chi connectivity index (χ2n) is 4.87. The van der Waals surface area contributed by atoms with Crippen molar-refractivity contribution in [2.24, 2.45) is 5.92 Å².